The van der Waals surface area contributed by atoms with Crippen molar-refractivity contribution in [2.45, 2.75) is 58.3 Å². The number of esters is 1. The van der Waals surface area contributed by atoms with Crippen LogP contribution >= 0.6 is 11.8 Å². The van der Waals surface area contributed by atoms with Gasteiger partial charge in [-0.2, -0.15) is 0 Å². The predicted octanol–water partition coefficient (Wildman–Crippen LogP) is 1.46. The van der Waals surface area contributed by atoms with Crippen LogP contribution in [-0.4, -0.2) is 40.2 Å². The number of ketones is 1. The van der Waals surface area contributed by atoms with Gasteiger partial charge in [0.2, 0.25) is 11.7 Å². The van der Waals surface area contributed by atoms with Crippen LogP contribution in [0, 0.1) is 0 Å². The maximum Gasteiger partial charge on any atom is 0.375 e. The minimum absolute atomic E-state index is 0.104. The molecule has 0 aliphatic carbocycles. The van der Waals surface area contributed by atoms with Gasteiger partial charge in [0, 0.05) is 17.7 Å². The molecule has 1 amide bonds. The normalized spacial score (nSPS) is 11.1. The van der Waals surface area contributed by atoms with E-state index < -0.39 is 34.1 Å². The highest BCUT2D eigenvalue weighted by Gasteiger charge is 2.27. The van der Waals surface area contributed by atoms with Crippen molar-refractivity contribution in [2.24, 2.45) is 0 Å². The fraction of sp³-hybridized carbons (Fsp3) is 0.714. The molecule has 0 saturated carbocycles. The van der Waals surface area contributed by atoms with Gasteiger partial charge in [-0.05, 0) is 27.7 Å². The van der Waals surface area contributed by atoms with Crippen molar-refractivity contribution in [1.82, 2.24) is 5.32 Å². The molecule has 0 unspecified atom stereocenters. The van der Waals surface area contributed by atoms with E-state index in [1.54, 1.807) is 34.6 Å². The van der Waals surface area contributed by atoms with Crippen LogP contribution in [0.1, 0.15) is 47.5 Å². The number of hydrogen-bond donors (Lipinski definition) is 1. The zero-order valence-corrected chi connectivity index (χ0v) is 14.0. The van der Waals surface area contributed by atoms with Gasteiger partial charge in [0.25, 0.3) is 0 Å². The van der Waals surface area contributed by atoms with Crippen LogP contribution in [0.5, 0.6) is 0 Å². The number of hydrogen-bond acceptors (Lipinski definition) is 6. The third-order valence-electron chi connectivity index (χ3n) is 2.30. The molecule has 0 aliphatic heterocycles. The fourth-order valence-corrected chi connectivity index (χ4v) is 2.26. The average molecular weight is 317 g/mol. The van der Waals surface area contributed by atoms with Crippen LogP contribution in [0.3, 0.4) is 0 Å². The van der Waals surface area contributed by atoms with Gasteiger partial charge in [0.1, 0.15) is 0 Å². The molecule has 0 aromatic rings. The van der Waals surface area contributed by atoms with Gasteiger partial charge in [0.05, 0.1) is 12.5 Å². The number of rotatable bonds is 8. The van der Waals surface area contributed by atoms with Crippen LogP contribution < -0.4 is 5.32 Å². The highest BCUT2D eigenvalue weighted by molar-refractivity contribution is 8.14. The molecule has 0 fully saturated rings. The van der Waals surface area contributed by atoms with E-state index in [9.17, 15) is 19.2 Å². The van der Waals surface area contributed by atoms with Crippen molar-refractivity contribution >= 4 is 34.5 Å². The Labute approximate surface area is 129 Å². The summed E-state index contributed by atoms with van der Waals surface area (Å²) in [6.45, 7) is 8.85. The lowest BCUT2D eigenvalue weighted by Gasteiger charge is -2.23. The van der Waals surface area contributed by atoms with Crippen molar-refractivity contribution in [3.63, 3.8) is 0 Å². The second-order valence-electron chi connectivity index (χ2n) is 5.42. The maximum atomic E-state index is 11.8. The summed E-state index contributed by atoms with van der Waals surface area (Å²) >= 11 is 0.937. The van der Waals surface area contributed by atoms with E-state index >= 15 is 0 Å². The first-order valence-electron chi connectivity index (χ1n) is 6.79. The number of Topliss-reactive ketones (excluding diaryl/α,β-unsaturated/α-hetero) is 1. The Bertz CT molecular complexity index is 418. The predicted molar refractivity (Wildman–Crippen MR) is 80.8 cm³/mol. The summed E-state index contributed by atoms with van der Waals surface area (Å²) in [5.41, 5.74) is 0. The second kappa shape index (κ2) is 8.81. The van der Waals surface area contributed by atoms with E-state index in [0.717, 1.165) is 11.8 Å². The van der Waals surface area contributed by atoms with E-state index in [0.29, 0.717) is 13.0 Å². The maximum absolute atomic E-state index is 11.8. The number of amides is 1. The van der Waals surface area contributed by atoms with E-state index in [1.807, 2.05) is 0 Å². The summed E-state index contributed by atoms with van der Waals surface area (Å²) in [4.78, 5) is 45.8. The Kier molecular flexibility index (Phi) is 8.24. The molecule has 1 N–H and O–H groups in total. The van der Waals surface area contributed by atoms with E-state index in [4.69, 9.17) is 4.74 Å². The molecular formula is C14H23NO5S. The summed E-state index contributed by atoms with van der Waals surface area (Å²) in [6, 6.07) is 0. The first-order valence-corrected chi connectivity index (χ1v) is 7.61. The van der Waals surface area contributed by atoms with Gasteiger partial charge in [-0.3, -0.25) is 14.4 Å². The van der Waals surface area contributed by atoms with Gasteiger partial charge < -0.3 is 10.1 Å². The van der Waals surface area contributed by atoms with Crippen LogP contribution in [0.4, 0.5) is 0 Å². The molecule has 0 aromatic heterocycles. The minimum atomic E-state index is -0.990. The molecule has 0 radical (unpaired) electrons. The van der Waals surface area contributed by atoms with Gasteiger partial charge in [-0.25, -0.2) is 4.79 Å². The lowest BCUT2D eigenvalue weighted by molar-refractivity contribution is -0.157. The van der Waals surface area contributed by atoms with Gasteiger partial charge in [-0.1, -0.05) is 18.7 Å². The zero-order chi connectivity index (χ0) is 16.6. The number of carbonyl (C=O) groups is 4. The third-order valence-corrected chi connectivity index (χ3v) is 3.37. The quantitative estimate of drug-likeness (QED) is 0.414. The lowest BCUT2D eigenvalue weighted by Crippen LogP contribution is -2.37. The average Bonchev–Trinajstić information content (AvgIpc) is 2.34. The number of carbonyl (C=O) groups excluding carboxylic acids is 4. The van der Waals surface area contributed by atoms with Crippen LogP contribution in [0.2, 0.25) is 0 Å². The topological polar surface area (TPSA) is 89.5 Å². The minimum Gasteiger partial charge on any atom is -0.457 e. The Balaban J connectivity index is 4.32. The molecule has 21 heavy (non-hydrogen) atoms. The summed E-state index contributed by atoms with van der Waals surface area (Å²) in [5, 5.41) is 2.27. The Morgan fingerprint density at radius 1 is 1.19 bits per heavy atom. The molecule has 120 valence electrons. The van der Waals surface area contributed by atoms with E-state index in [1.165, 1.54) is 0 Å². The van der Waals surface area contributed by atoms with Gasteiger partial charge in [-0.15, -0.1) is 0 Å². The Morgan fingerprint density at radius 3 is 2.24 bits per heavy atom. The highest BCUT2D eigenvalue weighted by Crippen LogP contribution is 2.25. The molecule has 0 rings (SSSR count). The summed E-state index contributed by atoms with van der Waals surface area (Å²) in [6.07, 6.45) is -0.528. The molecule has 0 saturated heterocycles. The molecule has 0 heterocycles. The molecule has 0 spiro atoms. The summed E-state index contributed by atoms with van der Waals surface area (Å²) in [5.74, 6) is -1.95. The van der Waals surface area contributed by atoms with Crippen molar-refractivity contribution in [2.75, 3.05) is 6.54 Å². The van der Waals surface area contributed by atoms with Crippen molar-refractivity contribution in [3.05, 3.63) is 0 Å². The molecular weight excluding hydrogens is 294 g/mol. The van der Waals surface area contributed by atoms with Crippen LogP contribution in [-0.2, 0) is 23.9 Å². The monoisotopic (exact) mass is 317 g/mol. The number of thioether (sulfide) groups is 1. The molecule has 6 nitrogen and oxygen atoms in total. The first-order chi connectivity index (χ1) is 9.57. The number of nitrogens with one attached hydrogen (secondary N) is 1. The molecule has 0 aromatic carbocycles. The van der Waals surface area contributed by atoms with Crippen LogP contribution in [0.25, 0.3) is 0 Å². The third kappa shape index (κ3) is 9.23. The second-order valence-corrected chi connectivity index (χ2v) is 7.18. The van der Waals surface area contributed by atoms with E-state index in [-0.39, 0.29) is 5.91 Å². The largest absolute Gasteiger partial charge is 0.457 e. The Hall–Kier alpha value is -1.37. The summed E-state index contributed by atoms with van der Waals surface area (Å²) < 4.78 is 4.18. The van der Waals surface area contributed by atoms with Crippen LogP contribution in [0.15, 0.2) is 0 Å². The molecule has 0 atom stereocenters. The lowest BCUT2D eigenvalue weighted by atomic mass is 10.2. The SMILES string of the molecule is CCC(=O)NCC(C)(C)SC(=O)CC(=O)C(=O)OC(C)C. The van der Waals surface area contributed by atoms with Crippen molar-refractivity contribution < 1.29 is 23.9 Å². The standard InChI is InChI=1S/C14H23NO5S/c1-6-11(17)15-8-14(4,5)21-12(18)7-10(16)13(19)20-9(2)3/h9H,6-8H2,1-5H3,(H,15,17). The first kappa shape index (κ1) is 19.6. The van der Waals surface area contributed by atoms with E-state index in [2.05, 4.69) is 5.32 Å². The molecule has 7 heteroatoms. The smallest absolute Gasteiger partial charge is 0.375 e. The fourth-order valence-electron chi connectivity index (χ4n) is 1.30. The molecule has 0 bridgehead atoms. The Morgan fingerprint density at radius 2 is 1.76 bits per heavy atom. The van der Waals surface area contributed by atoms with Crippen molar-refractivity contribution in [1.29, 1.82) is 0 Å². The zero-order valence-electron chi connectivity index (χ0n) is 13.1. The van der Waals surface area contributed by atoms with Crippen molar-refractivity contribution in [3.8, 4) is 0 Å². The van der Waals surface area contributed by atoms with Gasteiger partial charge in [0.15, 0.2) is 5.12 Å². The number of ether oxygens (including phenoxy) is 1. The highest BCUT2D eigenvalue weighted by atomic mass is 32.2. The molecule has 0 aliphatic rings. The van der Waals surface area contributed by atoms with Gasteiger partial charge >= 0.3 is 5.97 Å². The summed E-state index contributed by atoms with van der Waals surface area (Å²) in [7, 11) is 0.